The average molecular weight is 267 g/mol. The van der Waals surface area contributed by atoms with Crippen molar-refractivity contribution in [1.29, 1.82) is 0 Å². The van der Waals surface area contributed by atoms with Gasteiger partial charge in [0.1, 0.15) is 0 Å². The highest BCUT2D eigenvalue weighted by Crippen LogP contribution is 2.39. The number of alkyl halides is 6. The van der Waals surface area contributed by atoms with Gasteiger partial charge in [0, 0.05) is 0 Å². The summed E-state index contributed by atoms with van der Waals surface area (Å²) in [6.45, 7) is -0.933. The maximum atomic E-state index is 12.0. The molecule has 100 valence electrons. The number of halogens is 6. The van der Waals surface area contributed by atoms with Crippen LogP contribution < -0.4 is 11.1 Å². The predicted molar refractivity (Wildman–Crippen MR) is 42.0 cm³/mol. The molecule has 0 fully saturated rings. The molecule has 0 atom stereocenters. The summed E-state index contributed by atoms with van der Waals surface area (Å²) < 4.78 is 71.9. The van der Waals surface area contributed by atoms with E-state index in [1.165, 1.54) is 5.32 Å². The lowest BCUT2D eigenvalue weighted by atomic mass is 10.1. The number of nitrogens with one attached hydrogen (secondary N) is 1. The lowest BCUT2D eigenvalue weighted by Gasteiger charge is -2.21. The third kappa shape index (κ3) is 4.78. The number of rotatable bonds is 3. The normalized spacial score (nSPS) is 13.9. The smallest absolute Gasteiger partial charge is 0.409 e. The van der Waals surface area contributed by atoms with Crippen LogP contribution in [0.2, 0.25) is 0 Å². The summed E-state index contributed by atoms with van der Waals surface area (Å²) in [5.74, 6) is -7.21. The monoisotopic (exact) mass is 267 g/mol. The molecule has 0 heterocycles. The fourth-order valence-electron chi connectivity index (χ4n) is 0.798. The third-order valence-electron chi connectivity index (χ3n) is 1.49. The number of hydrogen-bond donors (Lipinski definition) is 3. The summed E-state index contributed by atoms with van der Waals surface area (Å²) in [7, 11) is 0. The van der Waals surface area contributed by atoms with E-state index in [4.69, 9.17) is 10.9 Å². The van der Waals surface area contributed by atoms with E-state index in [9.17, 15) is 31.1 Å². The van der Waals surface area contributed by atoms with E-state index >= 15 is 0 Å². The van der Waals surface area contributed by atoms with Crippen LogP contribution in [0.25, 0.3) is 0 Å². The largest absolute Gasteiger partial charge is 0.409 e. The number of nitrogens with two attached hydrogens (primary N) is 1. The Balaban J connectivity index is 4.80. The molecule has 0 spiro atoms. The minimum atomic E-state index is -5.77. The van der Waals surface area contributed by atoms with Crippen molar-refractivity contribution in [3.8, 4) is 0 Å². The summed E-state index contributed by atoms with van der Waals surface area (Å²) in [5, 5.41) is 11.5. The van der Waals surface area contributed by atoms with Gasteiger partial charge in [-0.1, -0.05) is 5.16 Å². The fraction of sp³-hybridized carbons (Fsp3) is 0.667. The van der Waals surface area contributed by atoms with Crippen molar-refractivity contribution >= 4 is 11.7 Å². The molecule has 0 aliphatic heterocycles. The number of amides is 1. The zero-order valence-corrected chi connectivity index (χ0v) is 7.93. The van der Waals surface area contributed by atoms with Crippen molar-refractivity contribution in [2.45, 2.75) is 12.4 Å². The van der Waals surface area contributed by atoms with Gasteiger partial charge >= 0.3 is 12.4 Å². The first kappa shape index (κ1) is 15.3. The van der Waals surface area contributed by atoms with Gasteiger partial charge in [0.15, 0.2) is 5.84 Å². The van der Waals surface area contributed by atoms with Crippen LogP contribution in [0.4, 0.5) is 26.3 Å². The Kier molecular flexibility index (Phi) is 4.60. The van der Waals surface area contributed by atoms with Gasteiger partial charge in [0.2, 0.25) is 11.8 Å². The van der Waals surface area contributed by atoms with E-state index in [2.05, 4.69) is 5.16 Å². The third-order valence-corrected chi connectivity index (χ3v) is 1.49. The number of nitrogens with zero attached hydrogens (tertiary/aromatic N) is 1. The highest BCUT2D eigenvalue weighted by Gasteiger charge is 2.61. The molecule has 4 N–H and O–H groups in total. The van der Waals surface area contributed by atoms with E-state index in [1.54, 1.807) is 0 Å². The van der Waals surface area contributed by atoms with Gasteiger partial charge in [0.25, 0.3) is 0 Å². The highest BCUT2D eigenvalue weighted by atomic mass is 19.4. The standard InChI is InChI=1S/C6H7F6N3O2/c7-5(8,9)3(6(10,11)12)4(16)14-1-2(13)15-17/h3,17H,1H2,(H2,13,15)(H,14,16). The van der Waals surface area contributed by atoms with E-state index in [0.29, 0.717) is 0 Å². The molecule has 1 amide bonds. The van der Waals surface area contributed by atoms with Crippen molar-refractivity contribution in [3.05, 3.63) is 0 Å². The number of carbonyl (C=O) groups is 1. The fourth-order valence-corrected chi connectivity index (χ4v) is 0.798. The van der Waals surface area contributed by atoms with Gasteiger partial charge < -0.3 is 16.3 Å². The lowest BCUT2D eigenvalue weighted by Crippen LogP contribution is -2.49. The number of hydrogen-bond acceptors (Lipinski definition) is 3. The van der Waals surface area contributed by atoms with Gasteiger partial charge in [-0.25, -0.2) is 0 Å². The molecule has 0 saturated carbocycles. The summed E-state index contributed by atoms with van der Waals surface area (Å²) in [4.78, 5) is 10.7. The first-order chi connectivity index (χ1) is 7.50. The summed E-state index contributed by atoms with van der Waals surface area (Å²) in [5.41, 5.74) is 4.76. The van der Waals surface area contributed by atoms with Crippen LogP contribution >= 0.6 is 0 Å². The predicted octanol–water partition coefficient (Wildman–Crippen LogP) is 0.590. The van der Waals surface area contributed by atoms with Crippen molar-refractivity contribution in [2.75, 3.05) is 6.54 Å². The molecule has 0 saturated heterocycles. The molecule has 0 aromatic rings. The van der Waals surface area contributed by atoms with Crippen molar-refractivity contribution in [1.82, 2.24) is 5.32 Å². The van der Waals surface area contributed by atoms with Crippen LogP contribution in [0.15, 0.2) is 5.16 Å². The maximum absolute atomic E-state index is 12.0. The molecule has 0 unspecified atom stereocenters. The molecule has 0 bridgehead atoms. The minimum Gasteiger partial charge on any atom is -0.409 e. The molecule has 0 aromatic heterocycles. The van der Waals surface area contributed by atoms with Crippen LogP contribution in [0.1, 0.15) is 0 Å². The van der Waals surface area contributed by atoms with Crippen molar-refractivity contribution < 1.29 is 36.3 Å². The molecule has 5 nitrogen and oxygen atoms in total. The molecule has 0 aliphatic rings. The van der Waals surface area contributed by atoms with Crippen molar-refractivity contribution in [2.24, 2.45) is 16.8 Å². The quantitative estimate of drug-likeness (QED) is 0.230. The number of amidine groups is 1. The van der Waals surface area contributed by atoms with Crippen LogP contribution in [0.3, 0.4) is 0 Å². The van der Waals surface area contributed by atoms with Gasteiger partial charge in [-0.2, -0.15) is 26.3 Å². The van der Waals surface area contributed by atoms with Crippen LogP contribution in [0.5, 0.6) is 0 Å². The molecule has 0 aromatic carbocycles. The van der Waals surface area contributed by atoms with E-state index < -0.39 is 36.6 Å². The Morgan fingerprint density at radius 1 is 1.24 bits per heavy atom. The Morgan fingerprint density at radius 3 is 1.94 bits per heavy atom. The second kappa shape index (κ2) is 5.10. The molecular formula is C6H7F6N3O2. The Morgan fingerprint density at radius 2 is 1.65 bits per heavy atom. The first-order valence-electron chi connectivity index (χ1n) is 3.87. The molecule has 17 heavy (non-hydrogen) atoms. The van der Waals surface area contributed by atoms with Gasteiger partial charge in [-0.15, -0.1) is 0 Å². The van der Waals surface area contributed by atoms with Crippen LogP contribution in [-0.4, -0.2) is 35.8 Å². The Hall–Kier alpha value is -1.68. The van der Waals surface area contributed by atoms with E-state index in [-0.39, 0.29) is 0 Å². The minimum absolute atomic E-state index is 0.735. The zero-order chi connectivity index (χ0) is 13.9. The maximum Gasteiger partial charge on any atom is 0.409 e. The summed E-state index contributed by atoms with van der Waals surface area (Å²) >= 11 is 0. The number of carbonyl (C=O) groups excluding carboxylic acids is 1. The lowest BCUT2D eigenvalue weighted by molar-refractivity contribution is -0.274. The van der Waals surface area contributed by atoms with Crippen LogP contribution in [0, 0.1) is 5.92 Å². The Labute approximate surface area is 90.3 Å². The van der Waals surface area contributed by atoms with Gasteiger partial charge in [-0.3, -0.25) is 4.79 Å². The molecule has 0 rings (SSSR count). The molecule has 11 heteroatoms. The SMILES string of the molecule is NC(CNC(=O)C(C(F)(F)F)C(F)(F)F)=NO. The van der Waals surface area contributed by atoms with Gasteiger partial charge in [-0.05, 0) is 0 Å². The molecule has 0 aliphatic carbocycles. The zero-order valence-electron chi connectivity index (χ0n) is 7.93. The molecular weight excluding hydrogens is 260 g/mol. The van der Waals surface area contributed by atoms with E-state index in [0.717, 1.165) is 0 Å². The van der Waals surface area contributed by atoms with E-state index in [1.807, 2.05) is 0 Å². The summed E-state index contributed by atoms with van der Waals surface area (Å²) in [6, 6.07) is 0. The van der Waals surface area contributed by atoms with Crippen LogP contribution in [-0.2, 0) is 4.79 Å². The topological polar surface area (TPSA) is 87.7 Å². The second-order valence-electron chi connectivity index (χ2n) is 2.83. The molecule has 0 radical (unpaired) electrons. The summed E-state index contributed by atoms with van der Waals surface area (Å²) in [6.07, 6.45) is -11.5. The average Bonchev–Trinajstić information content (AvgIpc) is 2.09. The number of oxime groups is 1. The second-order valence-corrected chi connectivity index (χ2v) is 2.83. The van der Waals surface area contributed by atoms with Gasteiger partial charge in [0.05, 0.1) is 6.54 Å². The highest BCUT2D eigenvalue weighted by molar-refractivity contribution is 5.88. The Bertz CT molecular complexity index is 296. The van der Waals surface area contributed by atoms with Crippen molar-refractivity contribution in [3.63, 3.8) is 0 Å². The first-order valence-corrected chi connectivity index (χ1v) is 3.87.